The number of thioether (sulfide) groups is 1. The molecule has 1 heterocycles. The summed E-state index contributed by atoms with van der Waals surface area (Å²) >= 11 is 1.20. The van der Waals surface area contributed by atoms with Crippen molar-refractivity contribution < 1.29 is 12.6 Å². The first-order valence-electron chi connectivity index (χ1n) is 8.33. The summed E-state index contributed by atoms with van der Waals surface area (Å²) in [5.74, 6) is 0.318. The topological polar surface area (TPSA) is 94.1 Å². The van der Waals surface area contributed by atoms with E-state index in [1.807, 2.05) is 30.3 Å². The van der Waals surface area contributed by atoms with Crippen molar-refractivity contribution in [1.29, 1.82) is 0 Å². The van der Waals surface area contributed by atoms with Gasteiger partial charge in [0.1, 0.15) is 5.75 Å². The van der Waals surface area contributed by atoms with Crippen LogP contribution < -0.4 is 9.87 Å². The molecule has 27 heavy (non-hydrogen) atoms. The third kappa shape index (κ3) is 5.73. The zero-order valence-electron chi connectivity index (χ0n) is 14.4. The second kappa shape index (κ2) is 8.92. The molecule has 0 atom stereocenters. The molecule has 0 aliphatic rings. The van der Waals surface area contributed by atoms with Gasteiger partial charge in [0.2, 0.25) is 0 Å². The number of hydrogen-bond acceptors (Lipinski definition) is 6. The summed E-state index contributed by atoms with van der Waals surface area (Å²) in [5, 5.41) is 6.86. The van der Waals surface area contributed by atoms with Gasteiger partial charge in [-0.1, -0.05) is 60.3 Å². The Morgan fingerprint density at radius 1 is 1.04 bits per heavy atom. The van der Waals surface area contributed by atoms with Gasteiger partial charge in [-0.3, -0.25) is 4.57 Å². The number of hydrogen-bond donors (Lipinski definition) is 1. The van der Waals surface area contributed by atoms with E-state index in [9.17, 15) is 13.2 Å². The highest BCUT2D eigenvalue weighted by molar-refractivity contribution is 8.00. The van der Waals surface area contributed by atoms with Crippen molar-refractivity contribution in [1.82, 2.24) is 14.8 Å². The fourth-order valence-corrected chi connectivity index (χ4v) is 4.66. The quantitative estimate of drug-likeness (QED) is 0.434. The number of nitrogens with one attached hydrogen (secondary N) is 1. The van der Waals surface area contributed by atoms with Crippen LogP contribution in [0.2, 0.25) is 0 Å². The Balaban J connectivity index is 1.56. The number of para-hydroxylation sites is 1. The van der Waals surface area contributed by atoms with E-state index in [2.05, 4.69) is 10.2 Å². The lowest BCUT2D eigenvalue weighted by Crippen LogP contribution is -2.19. The molecule has 142 valence electrons. The van der Waals surface area contributed by atoms with Crippen LogP contribution in [-0.4, -0.2) is 34.7 Å². The van der Waals surface area contributed by atoms with Crippen molar-refractivity contribution in [3.05, 3.63) is 76.7 Å². The maximum absolute atomic E-state index is 12.1. The lowest BCUT2D eigenvalue weighted by Gasteiger charge is -2.07. The van der Waals surface area contributed by atoms with E-state index in [1.165, 1.54) is 16.3 Å². The molecule has 7 nitrogen and oxygen atoms in total. The van der Waals surface area contributed by atoms with Gasteiger partial charge in [-0.25, -0.2) is 9.89 Å². The number of aromatic nitrogens is 3. The third-order valence-electron chi connectivity index (χ3n) is 3.72. The highest BCUT2D eigenvalue weighted by Gasteiger charge is 2.15. The number of H-pyrrole nitrogens is 1. The lowest BCUT2D eigenvalue weighted by molar-refractivity contribution is 0.488. The third-order valence-corrected chi connectivity index (χ3v) is 6.11. The Hall–Kier alpha value is -2.52. The van der Waals surface area contributed by atoms with Crippen molar-refractivity contribution in [2.75, 3.05) is 11.5 Å². The van der Waals surface area contributed by atoms with Crippen LogP contribution >= 0.6 is 11.8 Å². The van der Waals surface area contributed by atoms with Crippen molar-refractivity contribution in [3.63, 3.8) is 0 Å². The van der Waals surface area contributed by atoms with Gasteiger partial charge in [-0.05, 0) is 24.1 Å². The number of nitrogens with zero attached hydrogens (tertiary/aromatic N) is 2. The molecule has 3 aromatic rings. The summed E-state index contributed by atoms with van der Waals surface area (Å²) in [6, 6.07) is 18.2. The Morgan fingerprint density at radius 2 is 1.70 bits per heavy atom. The van der Waals surface area contributed by atoms with Crippen LogP contribution in [0.1, 0.15) is 5.56 Å². The van der Waals surface area contributed by atoms with Crippen LogP contribution in [0.25, 0.3) is 0 Å². The van der Waals surface area contributed by atoms with Gasteiger partial charge >= 0.3 is 15.8 Å². The van der Waals surface area contributed by atoms with Gasteiger partial charge in [-0.15, -0.1) is 5.10 Å². The number of rotatable bonds is 9. The Labute approximate surface area is 161 Å². The summed E-state index contributed by atoms with van der Waals surface area (Å²) < 4.78 is 30.7. The van der Waals surface area contributed by atoms with Gasteiger partial charge in [0.05, 0.1) is 5.75 Å². The van der Waals surface area contributed by atoms with Crippen LogP contribution in [0.4, 0.5) is 0 Å². The van der Waals surface area contributed by atoms with Crippen LogP contribution in [0.5, 0.6) is 5.75 Å². The molecule has 0 fully saturated rings. The van der Waals surface area contributed by atoms with Gasteiger partial charge in [0, 0.05) is 12.3 Å². The van der Waals surface area contributed by atoms with Crippen LogP contribution in [-0.2, 0) is 23.1 Å². The maximum Gasteiger partial charge on any atom is 0.343 e. The Morgan fingerprint density at radius 3 is 2.41 bits per heavy atom. The van der Waals surface area contributed by atoms with Gasteiger partial charge in [-0.2, -0.15) is 8.42 Å². The maximum atomic E-state index is 12.1. The molecule has 1 N–H and O–H groups in total. The summed E-state index contributed by atoms with van der Waals surface area (Å²) in [7, 11) is -3.71. The molecule has 0 aliphatic carbocycles. The van der Waals surface area contributed by atoms with E-state index >= 15 is 0 Å². The van der Waals surface area contributed by atoms with Gasteiger partial charge in [0.15, 0.2) is 5.16 Å². The normalized spacial score (nSPS) is 11.4. The van der Waals surface area contributed by atoms with E-state index in [-0.39, 0.29) is 22.9 Å². The van der Waals surface area contributed by atoms with E-state index in [4.69, 9.17) is 4.18 Å². The molecular weight excluding hydrogens is 386 g/mol. The Bertz CT molecular complexity index is 1020. The zero-order valence-corrected chi connectivity index (χ0v) is 16.1. The first-order chi connectivity index (χ1) is 13.0. The predicted octanol–water partition coefficient (Wildman–Crippen LogP) is 2.32. The van der Waals surface area contributed by atoms with Gasteiger partial charge < -0.3 is 4.18 Å². The van der Waals surface area contributed by atoms with E-state index in [0.29, 0.717) is 18.1 Å². The van der Waals surface area contributed by atoms with Crippen molar-refractivity contribution >= 4 is 21.9 Å². The molecular formula is C18H19N3O4S2. The summed E-state index contributed by atoms with van der Waals surface area (Å²) in [6.45, 7) is 0.467. The molecule has 0 amide bonds. The Kier molecular flexibility index (Phi) is 6.36. The second-order valence-corrected chi connectivity index (χ2v) is 8.46. The minimum absolute atomic E-state index is 0.188. The SMILES string of the molecule is O=c1[nH]nc(SCCS(=O)(=O)Oc2ccccc2)n1CCc1ccccc1. The minimum Gasteiger partial charge on any atom is -0.382 e. The summed E-state index contributed by atoms with van der Waals surface area (Å²) in [5.41, 5.74) is 0.803. The molecule has 0 saturated carbocycles. The van der Waals surface area contributed by atoms with Crippen molar-refractivity contribution in [3.8, 4) is 5.75 Å². The molecule has 0 saturated heterocycles. The van der Waals surface area contributed by atoms with E-state index < -0.39 is 10.1 Å². The molecule has 0 spiro atoms. The fourth-order valence-electron chi connectivity index (χ4n) is 2.40. The van der Waals surface area contributed by atoms with E-state index in [1.54, 1.807) is 30.3 Å². The largest absolute Gasteiger partial charge is 0.382 e. The standard InChI is InChI=1S/C18H19N3O4S2/c22-17-19-20-18(21(17)12-11-15-7-3-1-4-8-15)26-13-14-27(23,24)25-16-9-5-2-6-10-16/h1-10H,11-14H2,(H,19,22). The molecule has 0 aliphatic heterocycles. The molecule has 2 aromatic carbocycles. The lowest BCUT2D eigenvalue weighted by atomic mass is 10.1. The first-order valence-corrected chi connectivity index (χ1v) is 10.9. The average Bonchev–Trinajstić information content (AvgIpc) is 3.01. The molecule has 1 aromatic heterocycles. The fraction of sp³-hybridized carbons (Fsp3) is 0.222. The highest BCUT2D eigenvalue weighted by atomic mass is 32.2. The zero-order chi connectivity index (χ0) is 19.1. The first kappa shape index (κ1) is 19.2. The predicted molar refractivity (Wildman–Crippen MR) is 105 cm³/mol. The minimum atomic E-state index is -3.71. The average molecular weight is 406 g/mol. The van der Waals surface area contributed by atoms with Crippen LogP contribution in [0.15, 0.2) is 70.6 Å². The van der Waals surface area contributed by atoms with Gasteiger partial charge in [0.25, 0.3) is 0 Å². The van der Waals surface area contributed by atoms with E-state index in [0.717, 1.165) is 5.56 Å². The molecule has 0 unspecified atom stereocenters. The molecule has 3 rings (SSSR count). The van der Waals surface area contributed by atoms with Crippen molar-refractivity contribution in [2.24, 2.45) is 0 Å². The molecule has 0 radical (unpaired) electrons. The smallest absolute Gasteiger partial charge is 0.343 e. The second-order valence-electron chi connectivity index (χ2n) is 5.71. The number of benzene rings is 2. The monoisotopic (exact) mass is 405 g/mol. The van der Waals surface area contributed by atoms with Crippen LogP contribution in [0.3, 0.4) is 0 Å². The molecule has 9 heteroatoms. The molecule has 0 bridgehead atoms. The highest BCUT2D eigenvalue weighted by Crippen LogP contribution is 2.17. The van der Waals surface area contributed by atoms with Crippen LogP contribution in [0, 0.1) is 0 Å². The summed E-state index contributed by atoms with van der Waals surface area (Å²) in [4.78, 5) is 12.0. The number of aryl methyl sites for hydroxylation is 1. The number of aromatic amines is 1. The van der Waals surface area contributed by atoms with Crippen molar-refractivity contribution in [2.45, 2.75) is 18.1 Å². The summed E-state index contributed by atoms with van der Waals surface area (Å²) in [6.07, 6.45) is 0.684.